The molecular weight excluding hydrogens is 488 g/mol. The lowest BCUT2D eigenvalue weighted by atomic mass is 9.98. The van der Waals surface area contributed by atoms with Crippen LogP contribution in [-0.2, 0) is 9.59 Å². The fourth-order valence-electron chi connectivity index (χ4n) is 4.50. The SMILES string of the molecule is Cc1ccc(C2=NN(C3=NC(=O)[C@H](CC(=O)Nc4ccc5c(c4)OCO5)S3)[C@@H](c3ccccc3)C2)cc1. The third-order valence-electron chi connectivity index (χ3n) is 6.43. The Hall–Kier alpha value is -4.11. The van der Waals surface area contributed by atoms with Gasteiger partial charge >= 0.3 is 0 Å². The number of anilines is 1. The Morgan fingerprint density at radius 1 is 1.05 bits per heavy atom. The number of ether oxygens (including phenoxy) is 2. The normalized spacial score (nSPS) is 20.1. The number of hydrogen-bond donors (Lipinski definition) is 1. The van der Waals surface area contributed by atoms with Gasteiger partial charge in [0.2, 0.25) is 12.7 Å². The minimum atomic E-state index is -0.612. The minimum Gasteiger partial charge on any atom is -0.454 e. The van der Waals surface area contributed by atoms with Crippen LogP contribution in [0.1, 0.15) is 35.6 Å². The summed E-state index contributed by atoms with van der Waals surface area (Å²) in [7, 11) is 0. The molecule has 2 atom stereocenters. The Kier molecular flexibility index (Phi) is 6.13. The maximum Gasteiger partial charge on any atom is 0.262 e. The third kappa shape index (κ3) is 4.82. The smallest absolute Gasteiger partial charge is 0.262 e. The molecule has 0 unspecified atom stereocenters. The van der Waals surface area contributed by atoms with Crippen molar-refractivity contribution in [1.82, 2.24) is 5.01 Å². The van der Waals surface area contributed by atoms with Crippen molar-refractivity contribution in [3.63, 3.8) is 0 Å². The summed E-state index contributed by atoms with van der Waals surface area (Å²) in [5.41, 5.74) is 4.84. The van der Waals surface area contributed by atoms with Crippen LogP contribution in [0, 0.1) is 6.92 Å². The number of amides is 2. The summed E-state index contributed by atoms with van der Waals surface area (Å²) in [5, 5.41) is 9.48. The molecule has 0 bridgehead atoms. The van der Waals surface area contributed by atoms with E-state index in [1.165, 1.54) is 17.3 Å². The van der Waals surface area contributed by atoms with E-state index in [4.69, 9.17) is 14.6 Å². The molecule has 1 N–H and O–H groups in total. The number of aryl methyl sites for hydroxylation is 1. The number of thioether (sulfide) groups is 1. The standard InChI is InChI=1S/C28H24N4O4S/c1-17-7-9-18(10-8-17)21-14-22(19-5-3-2-4-6-19)32(31-21)28-30-27(34)25(37-28)15-26(33)29-20-11-12-23-24(13-20)36-16-35-23/h2-13,22,25H,14-16H2,1H3,(H,29,33)/t22-,25+/m1/s1. The minimum absolute atomic E-state index is 0.00329. The number of amidine groups is 1. The van der Waals surface area contributed by atoms with Crippen LogP contribution in [0.15, 0.2) is 82.9 Å². The van der Waals surface area contributed by atoms with Crippen molar-refractivity contribution in [2.45, 2.75) is 31.1 Å². The molecule has 0 aliphatic carbocycles. The lowest BCUT2D eigenvalue weighted by molar-refractivity contribution is -0.121. The van der Waals surface area contributed by atoms with Crippen LogP contribution in [0.5, 0.6) is 11.5 Å². The number of hydrazone groups is 1. The van der Waals surface area contributed by atoms with Gasteiger partial charge in [-0.15, -0.1) is 0 Å². The molecule has 6 rings (SSSR count). The molecule has 0 fully saturated rings. The second-order valence-electron chi connectivity index (χ2n) is 9.05. The van der Waals surface area contributed by atoms with E-state index in [2.05, 4.69) is 53.6 Å². The Balaban J connectivity index is 1.18. The number of hydrogen-bond acceptors (Lipinski definition) is 7. The molecule has 0 aromatic heterocycles. The number of rotatable bonds is 5. The first-order valence-electron chi connectivity index (χ1n) is 12.0. The molecule has 3 aromatic carbocycles. The number of fused-ring (bicyclic) bond motifs is 1. The quantitative estimate of drug-likeness (QED) is 0.523. The number of carbonyl (C=O) groups excluding carboxylic acids is 2. The number of nitrogens with zero attached hydrogens (tertiary/aromatic N) is 3. The fourth-order valence-corrected chi connectivity index (χ4v) is 5.56. The summed E-state index contributed by atoms with van der Waals surface area (Å²) < 4.78 is 10.7. The van der Waals surface area contributed by atoms with E-state index in [9.17, 15) is 9.59 Å². The molecule has 3 aliphatic heterocycles. The maximum absolute atomic E-state index is 12.8. The zero-order valence-corrected chi connectivity index (χ0v) is 20.9. The first-order valence-corrected chi connectivity index (χ1v) is 12.9. The van der Waals surface area contributed by atoms with Crippen LogP contribution >= 0.6 is 11.8 Å². The molecule has 0 radical (unpaired) electrons. The maximum atomic E-state index is 12.8. The highest BCUT2D eigenvalue weighted by Crippen LogP contribution is 2.39. The van der Waals surface area contributed by atoms with Gasteiger partial charge in [0.1, 0.15) is 5.25 Å². The summed E-state index contributed by atoms with van der Waals surface area (Å²) >= 11 is 1.29. The van der Waals surface area contributed by atoms with Gasteiger partial charge in [0.05, 0.1) is 11.8 Å². The van der Waals surface area contributed by atoms with E-state index in [1.807, 2.05) is 23.2 Å². The first kappa shape index (κ1) is 23.3. The van der Waals surface area contributed by atoms with Crippen LogP contribution in [0.3, 0.4) is 0 Å². The molecule has 3 aromatic rings. The zero-order chi connectivity index (χ0) is 25.4. The lowest BCUT2D eigenvalue weighted by Gasteiger charge is -2.23. The Bertz CT molecular complexity index is 1420. The molecule has 0 saturated heterocycles. The van der Waals surface area contributed by atoms with Crippen molar-refractivity contribution in [2.24, 2.45) is 10.1 Å². The predicted molar refractivity (Wildman–Crippen MR) is 143 cm³/mol. The molecule has 8 nitrogen and oxygen atoms in total. The van der Waals surface area contributed by atoms with Crippen LogP contribution in [0.4, 0.5) is 5.69 Å². The van der Waals surface area contributed by atoms with Crippen LogP contribution in [0.2, 0.25) is 0 Å². The largest absolute Gasteiger partial charge is 0.454 e. The van der Waals surface area contributed by atoms with Crippen LogP contribution < -0.4 is 14.8 Å². The van der Waals surface area contributed by atoms with Crippen molar-refractivity contribution >= 4 is 40.1 Å². The van der Waals surface area contributed by atoms with Gasteiger partial charge < -0.3 is 14.8 Å². The fraction of sp³-hybridized carbons (Fsp3) is 0.214. The van der Waals surface area contributed by atoms with Gasteiger partial charge in [-0.3, -0.25) is 9.59 Å². The van der Waals surface area contributed by atoms with E-state index in [1.54, 1.807) is 18.2 Å². The molecule has 3 heterocycles. The highest BCUT2D eigenvalue weighted by Gasteiger charge is 2.39. The molecule has 0 saturated carbocycles. The highest BCUT2D eigenvalue weighted by atomic mass is 32.2. The number of nitrogens with one attached hydrogen (secondary N) is 1. The molecule has 0 spiro atoms. The molecule has 2 amide bonds. The van der Waals surface area contributed by atoms with Gasteiger partial charge in [-0.2, -0.15) is 10.1 Å². The summed E-state index contributed by atoms with van der Waals surface area (Å²) in [5.74, 6) is 0.623. The van der Waals surface area contributed by atoms with Crippen molar-refractivity contribution in [1.29, 1.82) is 0 Å². The molecular formula is C28H24N4O4S. The topological polar surface area (TPSA) is 92.6 Å². The van der Waals surface area contributed by atoms with Gasteiger partial charge in [-0.25, -0.2) is 5.01 Å². The second-order valence-corrected chi connectivity index (χ2v) is 10.2. The van der Waals surface area contributed by atoms with Crippen molar-refractivity contribution in [3.8, 4) is 11.5 Å². The summed E-state index contributed by atoms with van der Waals surface area (Å²) in [4.78, 5) is 29.9. The van der Waals surface area contributed by atoms with Gasteiger partial charge in [0, 0.05) is 24.6 Å². The Labute approximate surface area is 218 Å². The second kappa shape index (κ2) is 9.74. The lowest BCUT2D eigenvalue weighted by Crippen LogP contribution is -2.25. The monoisotopic (exact) mass is 512 g/mol. The third-order valence-corrected chi connectivity index (χ3v) is 7.57. The van der Waals surface area contributed by atoms with Crippen molar-refractivity contribution in [3.05, 3.63) is 89.5 Å². The van der Waals surface area contributed by atoms with Crippen molar-refractivity contribution < 1.29 is 19.1 Å². The van der Waals surface area contributed by atoms with Gasteiger partial charge in [-0.05, 0) is 30.2 Å². The Morgan fingerprint density at radius 2 is 1.84 bits per heavy atom. The van der Waals surface area contributed by atoms with Gasteiger partial charge in [-0.1, -0.05) is 71.9 Å². The average molecular weight is 513 g/mol. The number of benzene rings is 3. The Morgan fingerprint density at radius 3 is 2.65 bits per heavy atom. The summed E-state index contributed by atoms with van der Waals surface area (Å²) in [6, 6.07) is 23.5. The van der Waals surface area contributed by atoms with E-state index in [0.29, 0.717) is 28.8 Å². The van der Waals surface area contributed by atoms with E-state index >= 15 is 0 Å². The zero-order valence-electron chi connectivity index (χ0n) is 20.1. The van der Waals surface area contributed by atoms with Crippen LogP contribution in [-0.4, -0.2) is 39.7 Å². The highest BCUT2D eigenvalue weighted by molar-refractivity contribution is 8.15. The average Bonchev–Trinajstić information content (AvgIpc) is 3.63. The van der Waals surface area contributed by atoms with E-state index < -0.39 is 5.25 Å². The van der Waals surface area contributed by atoms with Crippen molar-refractivity contribution in [2.75, 3.05) is 12.1 Å². The predicted octanol–water partition coefficient (Wildman–Crippen LogP) is 4.90. The van der Waals surface area contributed by atoms with Gasteiger partial charge in [0.25, 0.3) is 5.91 Å². The van der Waals surface area contributed by atoms with Gasteiger partial charge in [0.15, 0.2) is 16.7 Å². The van der Waals surface area contributed by atoms with E-state index in [0.717, 1.165) is 16.8 Å². The van der Waals surface area contributed by atoms with E-state index in [-0.39, 0.29) is 31.1 Å². The first-order chi connectivity index (χ1) is 18.0. The summed E-state index contributed by atoms with van der Waals surface area (Å²) in [6.45, 7) is 2.21. The number of carbonyl (C=O) groups is 2. The molecule has 37 heavy (non-hydrogen) atoms. The molecule has 9 heteroatoms. The molecule has 3 aliphatic rings. The van der Waals surface area contributed by atoms with Crippen LogP contribution in [0.25, 0.3) is 0 Å². The summed E-state index contributed by atoms with van der Waals surface area (Å²) in [6.07, 6.45) is 0.694. The molecule has 186 valence electrons. The number of aliphatic imine (C=N–C) groups is 1.